The number of rotatable bonds is 6. The first kappa shape index (κ1) is 14.8. The second-order valence-corrected chi connectivity index (χ2v) is 4.22. The standard InChI is InChI=1S/C13H17N5O3/c1-20-6-5-18-8-9(7-16-18)17-12-11(14)10(3-4-15-12)13(19)21-2/h3-4,7-8H,5-6,14H2,1-2H3,(H,15,17). The minimum Gasteiger partial charge on any atom is -0.465 e. The number of anilines is 3. The van der Waals surface area contributed by atoms with Crippen molar-refractivity contribution in [3.8, 4) is 0 Å². The number of aromatic nitrogens is 3. The first-order valence-electron chi connectivity index (χ1n) is 6.27. The van der Waals surface area contributed by atoms with E-state index in [-0.39, 0.29) is 11.3 Å². The lowest BCUT2D eigenvalue weighted by Gasteiger charge is -2.09. The van der Waals surface area contributed by atoms with Crippen LogP contribution in [-0.2, 0) is 16.0 Å². The Morgan fingerprint density at radius 1 is 1.48 bits per heavy atom. The van der Waals surface area contributed by atoms with Crippen LogP contribution >= 0.6 is 0 Å². The first-order valence-corrected chi connectivity index (χ1v) is 6.27. The van der Waals surface area contributed by atoms with Gasteiger partial charge in [0.15, 0.2) is 5.82 Å². The Kier molecular flexibility index (Phi) is 4.72. The summed E-state index contributed by atoms with van der Waals surface area (Å²) in [6.07, 6.45) is 4.92. The van der Waals surface area contributed by atoms with E-state index in [1.54, 1.807) is 24.2 Å². The maximum atomic E-state index is 11.6. The summed E-state index contributed by atoms with van der Waals surface area (Å²) >= 11 is 0. The van der Waals surface area contributed by atoms with E-state index in [0.717, 1.165) is 0 Å². The van der Waals surface area contributed by atoms with Gasteiger partial charge in [-0.2, -0.15) is 5.10 Å². The molecule has 2 rings (SSSR count). The number of nitrogen functional groups attached to an aromatic ring is 1. The molecule has 0 aliphatic rings. The molecule has 0 saturated heterocycles. The summed E-state index contributed by atoms with van der Waals surface area (Å²) in [5.41, 5.74) is 7.13. The van der Waals surface area contributed by atoms with Crippen LogP contribution in [0.4, 0.5) is 17.2 Å². The van der Waals surface area contributed by atoms with Crippen molar-refractivity contribution in [2.24, 2.45) is 0 Å². The molecule has 0 amide bonds. The number of pyridine rings is 1. The van der Waals surface area contributed by atoms with Crippen molar-refractivity contribution in [2.45, 2.75) is 6.54 Å². The van der Waals surface area contributed by atoms with Crippen LogP contribution < -0.4 is 11.1 Å². The molecule has 0 unspecified atom stereocenters. The zero-order valence-electron chi connectivity index (χ0n) is 11.9. The molecule has 8 nitrogen and oxygen atoms in total. The quantitative estimate of drug-likeness (QED) is 0.766. The highest BCUT2D eigenvalue weighted by atomic mass is 16.5. The smallest absolute Gasteiger partial charge is 0.340 e. The van der Waals surface area contributed by atoms with E-state index in [0.29, 0.717) is 24.7 Å². The van der Waals surface area contributed by atoms with E-state index < -0.39 is 5.97 Å². The summed E-state index contributed by atoms with van der Waals surface area (Å²) in [6.45, 7) is 1.21. The second-order valence-electron chi connectivity index (χ2n) is 4.22. The van der Waals surface area contributed by atoms with Crippen LogP contribution in [0, 0.1) is 0 Å². The summed E-state index contributed by atoms with van der Waals surface area (Å²) in [7, 11) is 2.93. The lowest BCUT2D eigenvalue weighted by atomic mass is 10.2. The molecule has 2 heterocycles. The number of nitrogens with two attached hydrogens (primary N) is 1. The topological polar surface area (TPSA) is 104 Å². The number of carbonyl (C=O) groups is 1. The molecule has 112 valence electrons. The summed E-state index contributed by atoms with van der Waals surface area (Å²) in [5, 5.41) is 7.19. The van der Waals surface area contributed by atoms with Gasteiger partial charge in [0.05, 0.1) is 43.4 Å². The van der Waals surface area contributed by atoms with Crippen molar-refractivity contribution in [3.05, 3.63) is 30.2 Å². The van der Waals surface area contributed by atoms with Gasteiger partial charge < -0.3 is 20.5 Å². The second kappa shape index (κ2) is 6.71. The van der Waals surface area contributed by atoms with Gasteiger partial charge in [0.25, 0.3) is 0 Å². The molecule has 0 fully saturated rings. The van der Waals surface area contributed by atoms with Crippen molar-refractivity contribution >= 4 is 23.2 Å². The number of carbonyl (C=O) groups excluding carboxylic acids is 1. The fraction of sp³-hybridized carbons (Fsp3) is 0.308. The first-order chi connectivity index (χ1) is 10.2. The normalized spacial score (nSPS) is 10.4. The average Bonchev–Trinajstić information content (AvgIpc) is 2.94. The zero-order valence-corrected chi connectivity index (χ0v) is 11.9. The summed E-state index contributed by atoms with van der Waals surface area (Å²) in [5.74, 6) is -0.127. The predicted molar refractivity (Wildman–Crippen MR) is 77.4 cm³/mol. The molecular formula is C13H17N5O3. The Labute approximate surface area is 121 Å². The lowest BCUT2D eigenvalue weighted by Crippen LogP contribution is -2.09. The van der Waals surface area contributed by atoms with Crippen LogP contribution in [-0.4, -0.2) is 41.6 Å². The monoisotopic (exact) mass is 291 g/mol. The molecular weight excluding hydrogens is 274 g/mol. The van der Waals surface area contributed by atoms with Gasteiger partial charge in [-0.05, 0) is 6.07 Å². The van der Waals surface area contributed by atoms with Gasteiger partial charge in [0.1, 0.15) is 0 Å². The van der Waals surface area contributed by atoms with Gasteiger partial charge >= 0.3 is 5.97 Å². The van der Waals surface area contributed by atoms with E-state index in [1.165, 1.54) is 19.4 Å². The van der Waals surface area contributed by atoms with Crippen LogP contribution in [0.1, 0.15) is 10.4 Å². The molecule has 21 heavy (non-hydrogen) atoms. The van der Waals surface area contributed by atoms with Crippen LogP contribution in [0.5, 0.6) is 0 Å². The van der Waals surface area contributed by atoms with E-state index in [1.807, 2.05) is 0 Å². The molecule has 0 aliphatic carbocycles. The highest BCUT2D eigenvalue weighted by Crippen LogP contribution is 2.24. The summed E-state index contributed by atoms with van der Waals surface area (Å²) in [6, 6.07) is 1.51. The third-order valence-corrected chi connectivity index (χ3v) is 2.82. The molecule has 2 aromatic heterocycles. The maximum absolute atomic E-state index is 11.6. The van der Waals surface area contributed by atoms with E-state index in [4.69, 9.17) is 10.5 Å². The summed E-state index contributed by atoms with van der Waals surface area (Å²) in [4.78, 5) is 15.7. The minimum absolute atomic E-state index is 0.231. The molecule has 3 N–H and O–H groups in total. The van der Waals surface area contributed by atoms with Gasteiger partial charge in [0.2, 0.25) is 0 Å². The SMILES string of the molecule is COCCn1cc(Nc2nccc(C(=O)OC)c2N)cn1. The third kappa shape index (κ3) is 3.48. The zero-order chi connectivity index (χ0) is 15.2. The number of ether oxygens (including phenoxy) is 2. The van der Waals surface area contributed by atoms with Gasteiger partial charge in [0, 0.05) is 19.5 Å². The lowest BCUT2D eigenvalue weighted by molar-refractivity contribution is 0.0602. The van der Waals surface area contributed by atoms with Gasteiger partial charge in [-0.1, -0.05) is 0 Å². The molecule has 0 atom stereocenters. The predicted octanol–water partition coefficient (Wildman–Crippen LogP) is 1.04. The molecule has 8 heteroatoms. The number of methoxy groups -OCH3 is 2. The van der Waals surface area contributed by atoms with Crippen LogP contribution in [0.15, 0.2) is 24.7 Å². The molecule has 0 spiro atoms. The fourth-order valence-corrected chi connectivity index (χ4v) is 1.73. The van der Waals surface area contributed by atoms with E-state index >= 15 is 0 Å². The largest absolute Gasteiger partial charge is 0.465 e. The highest BCUT2D eigenvalue weighted by Gasteiger charge is 2.14. The molecule has 2 aromatic rings. The third-order valence-electron chi connectivity index (χ3n) is 2.82. The van der Waals surface area contributed by atoms with Crippen molar-refractivity contribution in [1.82, 2.24) is 14.8 Å². The van der Waals surface area contributed by atoms with Crippen molar-refractivity contribution in [3.63, 3.8) is 0 Å². The van der Waals surface area contributed by atoms with Crippen LogP contribution in [0.3, 0.4) is 0 Å². The van der Waals surface area contributed by atoms with Crippen molar-refractivity contribution in [2.75, 3.05) is 31.9 Å². The van der Waals surface area contributed by atoms with E-state index in [9.17, 15) is 4.79 Å². The number of esters is 1. The molecule has 0 aromatic carbocycles. The minimum atomic E-state index is -0.506. The van der Waals surface area contributed by atoms with E-state index in [2.05, 4.69) is 20.1 Å². The fourth-order valence-electron chi connectivity index (χ4n) is 1.73. The number of hydrogen-bond acceptors (Lipinski definition) is 7. The van der Waals surface area contributed by atoms with Gasteiger partial charge in [-0.3, -0.25) is 4.68 Å². The molecule has 0 bridgehead atoms. The Hall–Kier alpha value is -2.61. The van der Waals surface area contributed by atoms with Gasteiger partial charge in [-0.25, -0.2) is 9.78 Å². The highest BCUT2D eigenvalue weighted by molar-refractivity contribution is 5.97. The molecule has 0 radical (unpaired) electrons. The summed E-state index contributed by atoms with van der Waals surface area (Å²) < 4.78 is 11.4. The Morgan fingerprint density at radius 3 is 3.00 bits per heavy atom. The maximum Gasteiger partial charge on any atom is 0.340 e. The Morgan fingerprint density at radius 2 is 2.29 bits per heavy atom. The van der Waals surface area contributed by atoms with Crippen molar-refractivity contribution in [1.29, 1.82) is 0 Å². The number of nitrogens with zero attached hydrogens (tertiary/aromatic N) is 3. The van der Waals surface area contributed by atoms with Crippen molar-refractivity contribution < 1.29 is 14.3 Å². The Bertz CT molecular complexity index is 626. The molecule has 0 saturated carbocycles. The number of nitrogens with one attached hydrogen (secondary N) is 1. The van der Waals surface area contributed by atoms with Crippen LogP contribution in [0.2, 0.25) is 0 Å². The number of hydrogen-bond donors (Lipinski definition) is 2. The van der Waals surface area contributed by atoms with Gasteiger partial charge in [-0.15, -0.1) is 0 Å². The van der Waals surface area contributed by atoms with Crippen LogP contribution in [0.25, 0.3) is 0 Å². The molecule has 0 aliphatic heterocycles. The average molecular weight is 291 g/mol. The Balaban J connectivity index is 2.16.